The Kier molecular flexibility index (Phi) is 2.68. The maximum atomic E-state index is 12.8. The van der Waals surface area contributed by atoms with Crippen molar-refractivity contribution in [1.29, 1.82) is 0 Å². The van der Waals surface area contributed by atoms with E-state index in [1.807, 2.05) is 13.0 Å². The summed E-state index contributed by atoms with van der Waals surface area (Å²) in [5, 5.41) is 16.0. The van der Waals surface area contributed by atoms with Crippen molar-refractivity contribution in [3.63, 3.8) is 0 Å². The molecule has 1 aromatic heterocycles. The van der Waals surface area contributed by atoms with Gasteiger partial charge in [-0.2, -0.15) is 0 Å². The van der Waals surface area contributed by atoms with Crippen molar-refractivity contribution in [2.75, 3.05) is 0 Å². The topological polar surface area (TPSA) is 78.9 Å². The average molecular weight is 305 g/mol. The zero-order valence-electron chi connectivity index (χ0n) is 12.2. The van der Waals surface area contributed by atoms with E-state index in [1.54, 1.807) is 42.5 Å². The molecule has 0 radical (unpaired) electrons. The molecule has 1 aliphatic rings. The number of fused-ring (bicyclic) bond motifs is 2. The lowest BCUT2D eigenvalue weighted by Gasteiger charge is -2.12. The Hall–Kier alpha value is -3.28. The van der Waals surface area contributed by atoms with Gasteiger partial charge in [0.2, 0.25) is 17.3 Å². The summed E-state index contributed by atoms with van der Waals surface area (Å²) in [6, 6.07) is 13.6. The highest BCUT2D eigenvalue weighted by Crippen LogP contribution is 2.26. The molecule has 0 saturated heterocycles. The van der Waals surface area contributed by atoms with Gasteiger partial charge < -0.3 is 5.21 Å². The standard InChI is InChI=1S/C17H11N3O3/c1-10-5-4-6-11(9-10)19-15-14(18-20(19)23)16(21)12-7-2-3-8-13(12)17(15)22/h2-9H,1H3. The number of aromatic nitrogens is 3. The fraction of sp³-hybridized carbons (Fsp3) is 0.0588. The van der Waals surface area contributed by atoms with Crippen LogP contribution in [0.5, 0.6) is 0 Å². The molecule has 0 spiro atoms. The molecule has 0 bridgehead atoms. The number of benzene rings is 2. The second kappa shape index (κ2) is 4.61. The monoisotopic (exact) mass is 305 g/mol. The molecular weight excluding hydrogens is 294 g/mol. The minimum atomic E-state index is -0.411. The highest BCUT2D eigenvalue weighted by molar-refractivity contribution is 6.27. The van der Waals surface area contributed by atoms with Crippen LogP contribution in [-0.4, -0.2) is 21.3 Å². The molecule has 2 aromatic carbocycles. The molecular formula is C17H11N3O3. The number of carbonyl (C=O) groups is 2. The first-order chi connectivity index (χ1) is 11.1. The van der Waals surface area contributed by atoms with Crippen molar-refractivity contribution in [3.8, 4) is 5.69 Å². The van der Waals surface area contributed by atoms with Crippen LogP contribution in [0.25, 0.3) is 5.69 Å². The van der Waals surface area contributed by atoms with Crippen LogP contribution in [-0.2, 0) is 0 Å². The van der Waals surface area contributed by atoms with Crippen molar-refractivity contribution >= 4 is 11.6 Å². The first kappa shape index (κ1) is 13.4. The number of carbonyl (C=O) groups excluding carboxylic acids is 2. The largest absolute Gasteiger partial charge is 0.571 e. The molecule has 112 valence electrons. The summed E-state index contributed by atoms with van der Waals surface area (Å²) >= 11 is 0. The van der Waals surface area contributed by atoms with E-state index in [2.05, 4.69) is 5.10 Å². The first-order valence-electron chi connectivity index (χ1n) is 7.06. The van der Waals surface area contributed by atoms with Gasteiger partial charge in [0.25, 0.3) is 0 Å². The van der Waals surface area contributed by atoms with Crippen molar-refractivity contribution in [2.24, 2.45) is 0 Å². The first-order valence-corrected chi connectivity index (χ1v) is 7.06. The van der Waals surface area contributed by atoms with Crippen LogP contribution in [0.3, 0.4) is 0 Å². The predicted molar refractivity (Wildman–Crippen MR) is 80.6 cm³/mol. The van der Waals surface area contributed by atoms with Crippen LogP contribution in [0.1, 0.15) is 37.7 Å². The fourth-order valence-corrected chi connectivity index (χ4v) is 2.84. The van der Waals surface area contributed by atoms with Crippen molar-refractivity contribution < 1.29 is 14.5 Å². The molecule has 6 nitrogen and oxygen atoms in total. The van der Waals surface area contributed by atoms with Crippen LogP contribution >= 0.6 is 0 Å². The molecule has 6 heteroatoms. The van der Waals surface area contributed by atoms with Gasteiger partial charge in [-0.05, 0) is 24.6 Å². The molecule has 0 amide bonds. The molecule has 0 unspecified atom stereocenters. The molecule has 3 aromatic rings. The zero-order valence-corrected chi connectivity index (χ0v) is 12.2. The van der Waals surface area contributed by atoms with E-state index >= 15 is 0 Å². The Morgan fingerprint density at radius 3 is 2.39 bits per heavy atom. The number of ketones is 2. The lowest BCUT2D eigenvalue weighted by molar-refractivity contribution is -0.740. The quantitative estimate of drug-likeness (QED) is 0.395. The predicted octanol–water partition coefficient (Wildman–Crippen LogP) is 1.59. The van der Waals surface area contributed by atoms with Gasteiger partial charge in [0.05, 0.1) is 0 Å². The number of rotatable bonds is 1. The van der Waals surface area contributed by atoms with E-state index in [-0.39, 0.29) is 22.7 Å². The van der Waals surface area contributed by atoms with Crippen LogP contribution in [0, 0.1) is 12.1 Å². The highest BCUT2D eigenvalue weighted by atomic mass is 16.5. The minimum Gasteiger partial charge on any atom is -0.571 e. The van der Waals surface area contributed by atoms with Crippen molar-refractivity contribution in [3.05, 3.63) is 81.8 Å². The molecule has 0 saturated carbocycles. The molecule has 23 heavy (non-hydrogen) atoms. The van der Waals surface area contributed by atoms with Crippen LogP contribution in [0.15, 0.2) is 48.5 Å². The maximum absolute atomic E-state index is 12.8. The van der Waals surface area contributed by atoms with Gasteiger partial charge >= 0.3 is 0 Å². The molecule has 0 atom stereocenters. The van der Waals surface area contributed by atoms with Crippen molar-refractivity contribution in [2.45, 2.75) is 6.92 Å². The van der Waals surface area contributed by atoms with Crippen LogP contribution < -0.4 is 4.96 Å². The highest BCUT2D eigenvalue weighted by Gasteiger charge is 2.39. The summed E-state index contributed by atoms with van der Waals surface area (Å²) in [6.45, 7) is 1.88. The van der Waals surface area contributed by atoms with Gasteiger partial charge in [0.15, 0.2) is 5.69 Å². The van der Waals surface area contributed by atoms with Gasteiger partial charge in [0.1, 0.15) is 5.69 Å². The lowest BCUT2D eigenvalue weighted by atomic mass is 9.90. The van der Waals surface area contributed by atoms with E-state index in [0.29, 0.717) is 16.2 Å². The van der Waals surface area contributed by atoms with E-state index in [0.717, 1.165) is 10.2 Å². The van der Waals surface area contributed by atoms with Gasteiger partial charge in [0, 0.05) is 21.2 Å². The molecule has 4 rings (SSSR count). The van der Waals surface area contributed by atoms with Gasteiger partial charge in [-0.3, -0.25) is 9.59 Å². The summed E-state index contributed by atoms with van der Waals surface area (Å²) in [4.78, 5) is 25.6. The maximum Gasteiger partial charge on any atom is 0.220 e. The van der Waals surface area contributed by atoms with E-state index in [1.165, 1.54) is 0 Å². The fourth-order valence-electron chi connectivity index (χ4n) is 2.84. The number of nitrogens with zero attached hydrogens (tertiary/aromatic N) is 3. The summed E-state index contributed by atoms with van der Waals surface area (Å²) < 4.78 is 1.14. The molecule has 0 aliphatic heterocycles. The summed E-state index contributed by atoms with van der Waals surface area (Å²) in [5.74, 6) is -0.787. The number of hydrogen-bond acceptors (Lipinski definition) is 4. The molecule has 1 heterocycles. The van der Waals surface area contributed by atoms with Crippen LogP contribution in [0.4, 0.5) is 0 Å². The second-order valence-electron chi connectivity index (χ2n) is 5.40. The summed E-state index contributed by atoms with van der Waals surface area (Å²) in [5.41, 5.74) is 1.90. The second-order valence-corrected chi connectivity index (χ2v) is 5.40. The van der Waals surface area contributed by atoms with Gasteiger partial charge in [-0.15, -0.1) is 0 Å². The summed E-state index contributed by atoms with van der Waals surface area (Å²) in [6.07, 6.45) is 0. The molecule has 1 aliphatic carbocycles. The third-order valence-corrected chi connectivity index (χ3v) is 3.89. The Balaban J connectivity index is 2.02. The Morgan fingerprint density at radius 2 is 1.70 bits per heavy atom. The third-order valence-electron chi connectivity index (χ3n) is 3.89. The smallest absolute Gasteiger partial charge is 0.220 e. The van der Waals surface area contributed by atoms with Gasteiger partial charge in [-0.1, -0.05) is 41.1 Å². The van der Waals surface area contributed by atoms with Crippen LogP contribution in [0.2, 0.25) is 0 Å². The van der Waals surface area contributed by atoms with E-state index in [9.17, 15) is 14.8 Å². The Labute approximate surface area is 131 Å². The van der Waals surface area contributed by atoms with Crippen molar-refractivity contribution in [1.82, 2.24) is 9.78 Å². The van der Waals surface area contributed by atoms with Gasteiger partial charge in [-0.25, -0.2) is 0 Å². The average Bonchev–Trinajstić information content (AvgIpc) is 2.90. The summed E-state index contributed by atoms with van der Waals surface area (Å²) in [7, 11) is 0. The van der Waals surface area contributed by atoms with E-state index in [4.69, 9.17) is 0 Å². The Morgan fingerprint density at radius 1 is 1.00 bits per heavy atom. The minimum absolute atomic E-state index is 0.00861. The number of aryl methyl sites for hydroxylation is 1. The zero-order chi connectivity index (χ0) is 16.1. The third kappa shape index (κ3) is 1.81. The number of hydrogen-bond donors (Lipinski definition) is 0. The molecule has 0 fully saturated rings. The lowest BCUT2D eigenvalue weighted by Crippen LogP contribution is -2.40. The Bertz CT molecular complexity index is 988. The molecule has 0 N–H and O–H groups in total. The SMILES string of the molecule is Cc1cccc(-n2c3c(n[n+]2[O-])C(=O)c2ccccc2C3=O)c1. The van der Waals surface area contributed by atoms with E-state index < -0.39 is 5.78 Å². The normalized spacial score (nSPS) is 12.9.